The smallest absolute Gasteiger partial charge is 0.335 e. The fourth-order valence-electron chi connectivity index (χ4n) is 4.98. The standard InChI is InChI=1S/C31H30BrN3O5/c1-2-39-27-16-23(25(32)17-28(27)40-19-20-9-8-12-22(15-20)31(37)38)18-33-35-29(21-10-4-3-5-11-21)34-26-14-7-6-13-24(26)30(35)36/h6-9,12-18,21H,2-5,10-11,19H2,1H3,(H,37,38). The number of aromatic nitrogens is 2. The summed E-state index contributed by atoms with van der Waals surface area (Å²) in [6, 6.07) is 17.6. The highest BCUT2D eigenvalue weighted by Crippen LogP contribution is 2.35. The Balaban J connectivity index is 1.47. The molecule has 1 N–H and O–H groups in total. The Hall–Kier alpha value is -3.98. The number of rotatable bonds is 9. The fourth-order valence-corrected chi connectivity index (χ4v) is 5.41. The Morgan fingerprint density at radius 1 is 1.07 bits per heavy atom. The molecule has 206 valence electrons. The maximum atomic E-state index is 13.5. The number of ether oxygens (including phenoxy) is 2. The number of benzene rings is 3. The van der Waals surface area contributed by atoms with Crippen molar-refractivity contribution in [2.45, 2.75) is 51.6 Å². The molecule has 0 aliphatic heterocycles. The Kier molecular flexibility index (Phi) is 8.60. The first-order valence-electron chi connectivity index (χ1n) is 13.4. The summed E-state index contributed by atoms with van der Waals surface area (Å²) in [7, 11) is 0. The van der Waals surface area contributed by atoms with E-state index in [1.165, 1.54) is 17.2 Å². The van der Waals surface area contributed by atoms with Crippen molar-refractivity contribution in [1.82, 2.24) is 9.66 Å². The summed E-state index contributed by atoms with van der Waals surface area (Å²) >= 11 is 3.61. The van der Waals surface area contributed by atoms with Crippen LogP contribution >= 0.6 is 15.9 Å². The van der Waals surface area contributed by atoms with Gasteiger partial charge in [0.1, 0.15) is 12.4 Å². The minimum Gasteiger partial charge on any atom is -0.490 e. The van der Waals surface area contributed by atoms with E-state index in [4.69, 9.17) is 14.5 Å². The van der Waals surface area contributed by atoms with E-state index in [2.05, 4.69) is 21.0 Å². The number of hydrogen-bond acceptors (Lipinski definition) is 6. The van der Waals surface area contributed by atoms with Crippen LogP contribution in [0.1, 0.15) is 72.3 Å². The van der Waals surface area contributed by atoms with Gasteiger partial charge in [-0.2, -0.15) is 9.78 Å². The van der Waals surface area contributed by atoms with Crippen molar-refractivity contribution in [2.75, 3.05) is 6.61 Å². The van der Waals surface area contributed by atoms with Crippen molar-refractivity contribution < 1.29 is 19.4 Å². The summed E-state index contributed by atoms with van der Waals surface area (Å²) in [6.45, 7) is 2.47. The van der Waals surface area contributed by atoms with Crippen molar-refractivity contribution in [3.8, 4) is 11.5 Å². The van der Waals surface area contributed by atoms with Crippen molar-refractivity contribution in [3.63, 3.8) is 0 Å². The van der Waals surface area contributed by atoms with Crippen LogP contribution in [0.2, 0.25) is 0 Å². The highest BCUT2D eigenvalue weighted by molar-refractivity contribution is 9.10. The highest BCUT2D eigenvalue weighted by Gasteiger charge is 2.22. The predicted octanol–water partition coefficient (Wildman–Crippen LogP) is 6.76. The first-order chi connectivity index (χ1) is 19.4. The van der Waals surface area contributed by atoms with Crippen LogP contribution in [-0.2, 0) is 6.61 Å². The number of aromatic carboxylic acids is 1. The fraction of sp³-hybridized carbons (Fsp3) is 0.290. The van der Waals surface area contributed by atoms with Gasteiger partial charge in [0.15, 0.2) is 11.5 Å². The van der Waals surface area contributed by atoms with E-state index in [0.717, 1.165) is 31.2 Å². The summed E-state index contributed by atoms with van der Waals surface area (Å²) in [5.41, 5.74) is 2.13. The summed E-state index contributed by atoms with van der Waals surface area (Å²) in [4.78, 5) is 29.7. The van der Waals surface area contributed by atoms with Crippen molar-refractivity contribution >= 4 is 39.0 Å². The third kappa shape index (κ3) is 6.09. The van der Waals surface area contributed by atoms with Gasteiger partial charge in [0.05, 0.1) is 29.3 Å². The molecule has 5 rings (SSSR count). The van der Waals surface area contributed by atoms with Crippen LogP contribution in [0.5, 0.6) is 11.5 Å². The molecule has 1 fully saturated rings. The van der Waals surface area contributed by atoms with E-state index < -0.39 is 5.97 Å². The molecule has 1 aliphatic rings. The van der Waals surface area contributed by atoms with Crippen LogP contribution < -0.4 is 15.0 Å². The molecule has 0 radical (unpaired) electrons. The SMILES string of the molecule is CCOc1cc(C=Nn2c(C3CCCCC3)nc3ccccc3c2=O)c(Br)cc1OCc1cccc(C(=O)O)c1. The monoisotopic (exact) mass is 603 g/mol. The molecule has 4 aromatic rings. The van der Waals surface area contributed by atoms with Gasteiger partial charge in [-0.3, -0.25) is 4.79 Å². The summed E-state index contributed by atoms with van der Waals surface area (Å²) in [5.74, 6) is 0.901. The molecule has 0 spiro atoms. The largest absolute Gasteiger partial charge is 0.490 e. The van der Waals surface area contributed by atoms with E-state index >= 15 is 0 Å². The van der Waals surface area contributed by atoms with Crippen LogP contribution in [0, 0.1) is 0 Å². The molecule has 0 saturated heterocycles. The maximum Gasteiger partial charge on any atom is 0.335 e. The van der Waals surface area contributed by atoms with Gasteiger partial charge in [-0.25, -0.2) is 9.78 Å². The molecule has 40 heavy (non-hydrogen) atoms. The van der Waals surface area contributed by atoms with Gasteiger partial charge in [-0.05, 0) is 77.7 Å². The van der Waals surface area contributed by atoms with E-state index in [-0.39, 0.29) is 23.6 Å². The lowest BCUT2D eigenvalue weighted by Crippen LogP contribution is -2.25. The van der Waals surface area contributed by atoms with Gasteiger partial charge in [-0.15, -0.1) is 0 Å². The predicted molar refractivity (Wildman–Crippen MR) is 158 cm³/mol. The number of carboxylic acids is 1. The molecule has 0 amide bonds. The average Bonchev–Trinajstić information content (AvgIpc) is 2.97. The van der Waals surface area contributed by atoms with Crippen molar-refractivity contribution in [1.29, 1.82) is 0 Å². The third-order valence-corrected chi connectivity index (χ3v) is 7.68. The first kappa shape index (κ1) is 27.6. The minimum atomic E-state index is -0.990. The lowest BCUT2D eigenvalue weighted by atomic mass is 9.88. The highest BCUT2D eigenvalue weighted by atomic mass is 79.9. The molecule has 1 saturated carbocycles. The zero-order valence-electron chi connectivity index (χ0n) is 22.2. The Morgan fingerprint density at radius 2 is 1.85 bits per heavy atom. The minimum absolute atomic E-state index is 0.171. The molecule has 0 atom stereocenters. The zero-order valence-corrected chi connectivity index (χ0v) is 23.8. The van der Waals surface area contributed by atoms with Gasteiger partial charge < -0.3 is 14.6 Å². The van der Waals surface area contributed by atoms with Gasteiger partial charge >= 0.3 is 5.97 Å². The van der Waals surface area contributed by atoms with E-state index in [9.17, 15) is 14.7 Å². The molecule has 1 aliphatic carbocycles. The number of fused-ring (bicyclic) bond motifs is 1. The number of para-hydroxylation sites is 1. The lowest BCUT2D eigenvalue weighted by Gasteiger charge is -2.22. The molecule has 0 bridgehead atoms. The van der Waals surface area contributed by atoms with Crippen LogP contribution in [-0.4, -0.2) is 33.6 Å². The Morgan fingerprint density at radius 3 is 2.62 bits per heavy atom. The summed E-state index contributed by atoms with van der Waals surface area (Å²) in [6.07, 6.45) is 7.03. The van der Waals surface area contributed by atoms with Gasteiger partial charge in [-0.1, -0.05) is 43.5 Å². The normalized spacial score (nSPS) is 14.1. The molecule has 1 heterocycles. The molecular weight excluding hydrogens is 574 g/mol. The van der Waals surface area contributed by atoms with Gasteiger partial charge in [0.25, 0.3) is 5.56 Å². The first-order valence-corrected chi connectivity index (χ1v) is 14.2. The maximum absolute atomic E-state index is 13.5. The zero-order chi connectivity index (χ0) is 28.1. The quantitative estimate of drug-likeness (QED) is 0.212. The number of carboxylic acid groups (broad SMARTS) is 1. The molecule has 0 unspecified atom stereocenters. The van der Waals surface area contributed by atoms with Crippen molar-refractivity contribution in [2.24, 2.45) is 5.10 Å². The summed E-state index contributed by atoms with van der Waals surface area (Å²) in [5, 5.41) is 14.4. The van der Waals surface area contributed by atoms with E-state index in [1.54, 1.807) is 36.5 Å². The van der Waals surface area contributed by atoms with E-state index in [1.807, 2.05) is 31.2 Å². The average molecular weight is 605 g/mol. The number of carbonyl (C=O) groups is 1. The van der Waals surface area contributed by atoms with Crippen LogP contribution in [0.15, 0.2) is 75.0 Å². The number of hydrogen-bond donors (Lipinski definition) is 1. The molecule has 9 heteroatoms. The van der Waals surface area contributed by atoms with E-state index in [0.29, 0.717) is 44.9 Å². The molecular formula is C31H30BrN3O5. The molecule has 8 nitrogen and oxygen atoms in total. The second-order valence-corrected chi connectivity index (χ2v) is 10.6. The molecule has 3 aromatic carbocycles. The van der Waals surface area contributed by atoms with Crippen LogP contribution in [0.25, 0.3) is 10.9 Å². The topological polar surface area (TPSA) is 103 Å². The Labute approximate surface area is 240 Å². The number of nitrogens with zero attached hydrogens (tertiary/aromatic N) is 3. The molecule has 1 aromatic heterocycles. The lowest BCUT2D eigenvalue weighted by molar-refractivity contribution is 0.0696. The van der Waals surface area contributed by atoms with Crippen LogP contribution in [0.4, 0.5) is 0 Å². The Bertz CT molecular complexity index is 1630. The number of halogens is 1. The third-order valence-electron chi connectivity index (χ3n) is 6.99. The summed E-state index contributed by atoms with van der Waals surface area (Å²) < 4.78 is 14.0. The second kappa shape index (κ2) is 12.5. The van der Waals surface area contributed by atoms with Crippen molar-refractivity contribution in [3.05, 3.63) is 98.0 Å². The van der Waals surface area contributed by atoms with Crippen LogP contribution in [0.3, 0.4) is 0 Å². The second-order valence-electron chi connectivity index (χ2n) is 9.73. The van der Waals surface area contributed by atoms with Gasteiger partial charge in [0, 0.05) is 16.0 Å². The van der Waals surface area contributed by atoms with Gasteiger partial charge in [0.2, 0.25) is 0 Å².